The third-order valence-electron chi connectivity index (χ3n) is 2.48. The number of rotatable bonds is 4. The maximum Gasteiger partial charge on any atom is 0.131 e. The fourth-order valence-corrected chi connectivity index (χ4v) is 1.60. The van der Waals surface area contributed by atoms with Crippen LogP contribution < -0.4 is 5.32 Å². The van der Waals surface area contributed by atoms with Crippen LogP contribution in [0.25, 0.3) is 5.69 Å². The fourth-order valence-electron chi connectivity index (χ4n) is 1.60. The molecule has 0 unspecified atom stereocenters. The Morgan fingerprint density at radius 2 is 2.24 bits per heavy atom. The largest absolute Gasteiger partial charge is 0.314 e. The second-order valence-electron chi connectivity index (χ2n) is 4.20. The van der Waals surface area contributed by atoms with Crippen LogP contribution in [0.1, 0.15) is 31.3 Å². The zero-order valence-corrected chi connectivity index (χ0v) is 10.4. The van der Waals surface area contributed by atoms with Crippen molar-refractivity contribution in [1.29, 1.82) is 0 Å². The highest BCUT2D eigenvalue weighted by atomic mass is 15.3. The van der Waals surface area contributed by atoms with Gasteiger partial charge in [0.25, 0.3) is 0 Å². The molecule has 5 nitrogen and oxygen atoms in total. The average molecular weight is 231 g/mol. The highest BCUT2D eigenvalue weighted by Crippen LogP contribution is 2.14. The summed E-state index contributed by atoms with van der Waals surface area (Å²) in [5, 5.41) is 7.33. The average Bonchev–Trinajstić information content (AvgIpc) is 2.82. The summed E-state index contributed by atoms with van der Waals surface area (Å²) in [5.74, 6) is 1.20. The number of aromatic nitrogens is 4. The second-order valence-corrected chi connectivity index (χ2v) is 4.20. The quantitative estimate of drug-likeness (QED) is 0.866. The topological polar surface area (TPSA) is 55.6 Å². The maximum absolute atomic E-state index is 4.58. The van der Waals surface area contributed by atoms with Crippen molar-refractivity contribution in [2.24, 2.45) is 0 Å². The Balaban J connectivity index is 2.45. The monoisotopic (exact) mass is 231 g/mol. The molecule has 2 aromatic rings. The van der Waals surface area contributed by atoms with E-state index in [1.807, 2.05) is 25.5 Å². The molecule has 5 heteroatoms. The van der Waals surface area contributed by atoms with E-state index in [-0.39, 0.29) is 0 Å². The van der Waals surface area contributed by atoms with E-state index in [4.69, 9.17) is 0 Å². The van der Waals surface area contributed by atoms with Gasteiger partial charge >= 0.3 is 0 Å². The maximum atomic E-state index is 4.58. The molecular formula is C12H17N5. The normalized spacial score (nSPS) is 11.1. The van der Waals surface area contributed by atoms with Crippen molar-refractivity contribution in [3.63, 3.8) is 0 Å². The van der Waals surface area contributed by atoms with Gasteiger partial charge in [-0.05, 0) is 13.1 Å². The van der Waals surface area contributed by atoms with Gasteiger partial charge in [-0.3, -0.25) is 0 Å². The molecule has 2 aromatic heterocycles. The Morgan fingerprint density at radius 1 is 1.41 bits per heavy atom. The fraction of sp³-hybridized carbons (Fsp3) is 0.417. The molecule has 0 saturated carbocycles. The van der Waals surface area contributed by atoms with E-state index in [1.165, 1.54) is 0 Å². The van der Waals surface area contributed by atoms with E-state index >= 15 is 0 Å². The molecule has 0 aliphatic heterocycles. The van der Waals surface area contributed by atoms with E-state index in [2.05, 4.69) is 34.2 Å². The van der Waals surface area contributed by atoms with Crippen LogP contribution in [0.15, 0.2) is 24.7 Å². The molecule has 90 valence electrons. The van der Waals surface area contributed by atoms with E-state index in [1.54, 1.807) is 10.9 Å². The first kappa shape index (κ1) is 11.7. The van der Waals surface area contributed by atoms with Crippen LogP contribution in [0.3, 0.4) is 0 Å². The predicted octanol–water partition coefficient (Wildman–Crippen LogP) is 1.51. The Labute approximate surface area is 101 Å². The van der Waals surface area contributed by atoms with Crippen molar-refractivity contribution in [1.82, 2.24) is 25.1 Å². The smallest absolute Gasteiger partial charge is 0.131 e. The SMILES string of the molecule is CNCc1nc(C(C)C)ncc1-n1cccn1. The molecule has 0 saturated heterocycles. The van der Waals surface area contributed by atoms with Crippen LogP contribution in [0, 0.1) is 0 Å². The lowest BCUT2D eigenvalue weighted by Crippen LogP contribution is -2.14. The molecule has 2 rings (SSSR count). The number of hydrogen-bond donors (Lipinski definition) is 1. The van der Waals surface area contributed by atoms with E-state index in [0.29, 0.717) is 12.5 Å². The first-order valence-electron chi connectivity index (χ1n) is 5.72. The van der Waals surface area contributed by atoms with Crippen molar-refractivity contribution in [2.75, 3.05) is 7.05 Å². The second kappa shape index (κ2) is 5.05. The molecule has 0 spiro atoms. The zero-order chi connectivity index (χ0) is 12.3. The van der Waals surface area contributed by atoms with Gasteiger partial charge in [0.1, 0.15) is 11.5 Å². The summed E-state index contributed by atoms with van der Waals surface area (Å²) in [5.41, 5.74) is 1.89. The Hall–Kier alpha value is -1.75. The lowest BCUT2D eigenvalue weighted by atomic mass is 10.2. The van der Waals surface area contributed by atoms with Crippen LogP contribution in [0.5, 0.6) is 0 Å². The van der Waals surface area contributed by atoms with Crippen molar-refractivity contribution in [2.45, 2.75) is 26.3 Å². The molecular weight excluding hydrogens is 214 g/mol. The molecule has 2 heterocycles. The third-order valence-corrected chi connectivity index (χ3v) is 2.48. The Kier molecular flexibility index (Phi) is 3.49. The molecule has 0 radical (unpaired) electrons. The lowest BCUT2D eigenvalue weighted by molar-refractivity contribution is 0.707. The first-order chi connectivity index (χ1) is 8.22. The van der Waals surface area contributed by atoms with Crippen LogP contribution in [0.4, 0.5) is 0 Å². The number of nitrogens with zero attached hydrogens (tertiary/aromatic N) is 4. The minimum absolute atomic E-state index is 0.331. The highest BCUT2D eigenvalue weighted by Gasteiger charge is 2.10. The van der Waals surface area contributed by atoms with Crippen LogP contribution in [-0.2, 0) is 6.54 Å². The van der Waals surface area contributed by atoms with Gasteiger partial charge in [0, 0.05) is 24.9 Å². The van der Waals surface area contributed by atoms with E-state index in [0.717, 1.165) is 17.2 Å². The van der Waals surface area contributed by atoms with Gasteiger partial charge in [0.05, 0.1) is 11.9 Å². The molecule has 1 N–H and O–H groups in total. The van der Waals surface area contributed by atoms with Crippen LogP contribution in [-0.4, -0.2) is 26.8 Å². The summed E-state index contributed by atoms with van der Waals surface area (Å²) in [6.07, 6.45) is 5.48. The van der Waals surface area contributed by atoms with Gasteiger partial charge in [-0.15, -0.1) is 0 Å². The minimum atomic E-state index is 0.331. The number of hydrogen-bond acceptors (Lipinski definition) is 4. The van der Waals surface area contributed by atoms with E-state index < -0.39 is 0 Å². The molecule has 0 fully saturated rings. The molecule has 0 aliphatic rings. The lowest BCUT2D eigenvalue weighted by Gasteiger charge is -2.11. The van der Waals surface area contributed by atoms with Crippen molar-refractivity contribution < 1.29 is 0 Å². The van der Waals surface area contributed by atoms with Gasteiger partial charge in [-0.2, -0.15) is 5.10 Å². The third kappa shape index (κ3) is 2.50. The molecule has 0 aromatic carbocycles. The van der Waals surface area contributed by atoms with Crippen molar-refractivity contribution in [3.8, 4) is 5.69 Å². The predicted molar refractivity (Wildman–Crippen MR) is 66.0 cm³/mol. The van der Waals surface area contributed by atoms with Gasteiger partial charge in [-0.1, -0.05) is 13.8 Å². The zero-order valence-electron chi connectivity index (χ0n) is 10.4. The summed E-state index contributed by atoms with van der Waals surface area (Å²) in [6.45, 7) is 4.88. The standard InChI is InChI=1S/C12H17N5/c1-9(2)12-14-8-11(10(16-12)7-13-3)17-6-4-5-15-17/h4-6,8-9,13H,7H2,1-3H3. The van der Waals surface area contributed by atoms with Crippen LogP contribution in [0.2, 0.25) is 0 Å². The Morgan fingerprint density at radius 3 is 2.82 bits per heavy atom. The van der Waals surface area contributed by atoms with Crippen LogP contribution >= 0.6 is 0 Å². The number of nitrogens with one attached hydrogen (secondary N) is 1. The summed E-state index contributed by atoms with van der Waals surface area (Å²) < 4.78 is 1.79. The van der Waals surface area contributed by atoms with Crippen molar-refractivity contribution in [3.05, 3.63) is 36.2 Å². The first-order valence-corrected chi connectivity index (χ1v) is 5.72. The summed E-state index contributed by atoms with van der Waals surface area (Å²) >= 11 is 0. The van der Waals surface area contributed by atoms with Gasteiger partial charge in [0.2, 0.25) is 0 Å². The molecule has 0 bridgehead atoms. The van der Waals surface area contributed by atoms with Gasteiger partial charge in [0.15, 0.2) is 0 Å². The molecule has 0 amide bonds. The molecule has 0 aliphatic carbocycles. The molecule has 0 atom stereocenters. The Bertz CT molecular complexity index is 476. The highest BCUT2D eigenvalue weighted by molar-refractivity contribution is 5.33. The van der Waals surface area contributed by atoms with Gasteiger partial charge in [-0.25, -0.2) is 14.6 Å². The summed E-state index contributed by atoms with van der Waals surface area (Å²) in [6, 6.07) is 1.89. The van der Waals surface area contributed by atoms with E-state index in [9.17, 15) is 0 Å². The van der Waals surface area contributed by atoms with Gasteiger partial charge < -0.3 is 5.32 Å². The summed E-state index contributed by atoms with van der Waals surface area (Å²) in [7, 11) is 1.91. The summed E-state index contributed by atoms with van der Waals surface area (Å²) in [4.78, 5) is 8.96. The molecule has 17 heavy (non-hydrogen) atoms. The minimum Gasteiger partial charge on any atom is -0.314 e. The van der Waals surface area contributed by atoms with Crippen molar-refractivity contribution >= 4 is 0 Å².